The van der Waals surface area contributed by atoms with E-state index >= 15 is 0 Å². The molecule has 2 unspecified atom stereocenters. The normalized spacial score (nSPS) is 14.7. The molecule has 0 saturated carbocycles. The van der Waals surface area contributed by atoms with Crippen molar-refractivity contribution in [2.75, 3.05) is 13.2 Å². The number of hydrogen-bond acceptors (Lipinski definition) is 4. The fourth-order valence-electron chi connectivity index (χ4n) is 1.30. The molecule has 0 aromatic carbocycles. The molecule has 2 N–H and O–H groups in total. The van der Waals surface area contributed by atoms with Crippen molar-refractivity contribution >= 4 is 5.97 Å². The Morgan fingerprint density at radius 1 is 1.40 bits per heavy atom. The van der Waals surface area contributed by atoms with Crippen molar-refractivity contribution in [3.05, 3.63) is 0 Å². The molecule has 0 heterocycles. The summed E-state index contributed by atoms with van der Waals surface area (Å²) in [7, 11) is 0. The van der Waals surface area contributed by atoms with Gasteiger partial charge in [0.15, 0.2) is 0 Å². The number of aliphatic hydroxyl groups is 1. The summed E-state index contributed by atoms with van der Waals surface area (Å²) in [5.74, 6) is -0.190. The molecule has 0 aliphatic carbocycles. The van der Waals surface area contributed by atoms with Gasteiger partial charge in [0.1, 0.15) is 6.04 Å². The van der Waals surface area contributed by atoms with Crippen LogP contribution in [0.1, 0.15) is 40.0 Å². The first-order chi connectivity index (χ1) is 7.11. The molecule has 0 saturated heterocycles. The summed E-state index contributed by atoms with van der Waals surface area (Å²) >= 11 is 0. The van der Waals surface area contributed by atoms with Crippen LogP contribution in [0.4, 0.5) is 0 Å². The van der Waals surface area contributed by atoms with Crippen LogP contribution in [0.3, 0.4) is 0 Å². The minimum Gasteiger partial charge on any atom is -0.465 e. The second kappa shape index (κ2) is 8.68. The van der Waals surface area contributed by atoms with E-state index in [1.165, 1.54) is 0 Å². The first-order valence-electron chi connectivity index (χ1n) is 5.69. The highest BCUT2D eigenvalue weighted by Gasteiger charge is 2.17. The van der Waals surface area contributed by atoms with Crippen molar-refractivity contribution in [1.82, 2.24) is 5.32 Å². The highest BCUT2D eigenvalue weighted by Crippen LogP contribution is 2.00. The monoisotopic (exact) mass is 217 g/mol. The standard InChI is InChI=1S/C11H23NO3/c1-4-6-10(11(14)15-5-2)12-8-7-9(3)13/h9-10,12-13H,4-8H2,1-3H3. The van der Waals surface area contributed by atoms with Crippen LogP contribution in [0, 0.1) is 0 Å². The van der Waals surface area contributed by atoms with Gasteiger partial charge >= 0.3 is 5.97 Å². The molecule has 2 atom stereocenters. The molecule has 0 aliphatic heterocycles. The van der Waals surface area contributed by atoms with E-state index < -0.39 is 0 Å². The third kappa shape index (κ3) is 7.33. The van der Waals surface area contributed by atoms with E-state index in [1.54, 1.807) is 13.8 Å². The van der Waals surface area contributed by atoms with Gasteiger partial charge in [0.05, 0.1) is 12.7 Å². The molecule has 0 spiro atoms. The van der Waals surface area contributed by atoms with Crippen LogP contribution < -0.4 is 5.32 Å². The molecule has 0 aromatic rings. The Kier molecular flexibility index (Phi) is 8.33. The molecule has 15 heavy (non-hydrogen) atoms. The summed E-state index contributed by atoms with van der Waals surface area (Å²) in [5.41, 5.74) is 0. The molecule has 0 rings (SSSR count). The molecule has 4 nitrogen and oxygen atoms in total. The predicted octanol–water partition coefficient (Wildman–Crippen LogP) is 1.08. The van der Waals surface area contributed by atoms with Gasteiger partial charge in [0.25, 0.3) is 0 Å². The van der Waals surface area contributed by atoms with Crippen molar-refractivity contribution in [1.29, 1.82) is 0 Å². The molecule has 0 bridgehead atoms. The van der Waals surface area contributed by atoms with Crippen LogP contribution in [0.2, 0.25) is 0 Å². The van der Waals surface area contributed by atoms with Gasteiger partial charge in [0, 0.05) is 0 Å². The van der Waals surface area contributed by atoms with Gasteiger partial charge in [-0.25, -0.2) is 0 Å². The van der Waals surface area contributed by atoms with E-state index in [0.717, 1.165) is 12.8 Å². The summed E-state index contributed by atoms with van der Waals surface area (Å²) in [6.45, 7) is 6.62. The van der Waals surface area contributed by atoms with Gasteiger partial charge in [0.2, 0.25) is 0 Å². The minimum absolute atomic E-state index is 0.190. The summed E-state index contributed by atoms with van der Waals surface area (Å²) in [6, 6.07) is -0.228. The number of ether oxygens (including phenoxy) is 1. The third-order valence-electron chi connectivity index (χ3n) is 2.10. The lowest BCUT2D eigenvalue weighted by atomic mass is 10.1. The summed E-state index contributed by atoms with van der Waals surface area (Å²) in [5, 5.41) is 12.2. The molecule has 0 amide bonds. The van der Waals surface area contributed by atoms with Gasteiger partial charge in [-0.05, 0) is 33.2 Å². The maximum atomic E-state index is 11.5. The Bertz CT molecular complexity index is 171. The van der Waals surface area contributed by atoms with E-state index in [9.17, 15) is 4.79 Å². The van der Waals surface area contributed by atoms with Gasteiger partial charge < -0.3 is 15.2 Å². The Morgan fingerprint density at radius 2 is 2.07 bits per heavy atom. The second-order valence-electron chi connectivity index (χ2n) is 3.69. The van der Waals surface area contributed by atoms with Crippen LogP contribution in [-0.2, 0) is 9.53 Å². The number of hydrogen-bond donors (Lipinski definition) is 2. The molecule has 4 heteroatoms. The number of carbonyl (C=O) groups excluding carboxylic acids is 1. The lowest BCUT2D eigenvalue weighted by Crippen LogP contribution is -2.39. The van der Waals surface area contributed by atoms with Gasteiger partial charge in [-0.1, -0.05) is 13.3 Å². The average molecular weight is 217 g/mol. The lowest BCUT2D eigenvalue weighted by Gasteiger charge is -2.16. The van der Waals surface area contributed by atoms with Crippen molar-refractivity contribution in [2.45, 2.75) is 52.2 Å². The van der Waals surface area contributed by atoms with Crippen LogP contribution in [0.25, 0.3) is 0 Å². The molecular weight excluding hydrogens is 194 g/mol. The van der Waals surface area contributed by atoms with Gasteiger partial charge in [-0.2, -0.15) is 0 Å². The zero-order valence-corrected chi connectivity index (χ0v) is 9.95. The van der Waals surface area contributed by atoms with E-state index in [0.29, 0.717) is 19.6 Å². The van der Waals surface area contributed by atoms with Crippen molar-refractivity contribution in [2.24, 2.45) is 0 Å². The number of nitrogens with one attached hydrogen (secondary N) is 1. The fraction of sp³-hybridized carbons (Fsp3) is 0.909. The fourth-order valence-corrected chi connectivity index (χ4v) is 1.30. The molecular formula is C11H23NO3. The quantitative estimate of drug-likeness (QED) is 0.597. The van der Waals surface area contributed by atoms with E-state index in [4.69, 9.17) is 9.84 Å². The molecule has 90 valence electrons. The van der Waals surface area contributed by atoms with Crippen LogP contribution in [0.5, 0.6) is 0 Å². The van der Waals surface area contributed by atoms with E-state index in [2.05, 4.69) is 5.32 Å². The maximum Gasteiger partial charge on any atom is 0.323 e. The Labute approximate surface area is 92.0 Å². The SMILES string of the molecule is CCCC(NCCC(C)O)C(=O)OCC. The highest BCUT2D eigenvalue weighted by molar-refractivity contribution is 5.75. The Balaban J connectivity index is 3.87. The smallest absolute Gasteiger partial charge is 0.323 e. The zero-order valence-electron chi connectivity index (χ0n) is 9.95. The predicted molar refractivity (Wildman–Crippen MR) is 59.6 cm³/mol. The van der Waals surface area contributed by atoms with Crippen molar-refractivity contribution in [3.63, 3.8) is 0 Å². The average Bonchev–Trinajstić information content (AvgIpc) is 2.16. The van der Waals surface area contributed by atoms with Gasteiger partial charge in [-0.3, -0.25) is 4.79 Å². The molecule has 0 aliphatic rings. The summed E-state index contributed by atoms with van der Waals surface area (Å²) in [6.07, 6.45) is 2.03. The zero-order chi connectivity index (χ0) is 11.7. The molecule has 0 radical (unpaired) electrons. The van der Waals surface area contributed by atoms with Crippen molar-refractivity contribution in [3.8, 4) is 0 Å². The highest BCUT2D eigenvalue weighted by atomic mass is 16.5. The number of carbonyl (C=O) groups is 1. The van der Waals surface area contributed by atoms with E-state index in [1.807, 2.05) is 6.92 Å². The largest absolute Gasteiger partial charge is 0.465 e. The van der Waals surface area contributed by atoms with Crippen LogP contribution >= 0.6 is 0 Å². The maximum absolute atomic E-state index is 11.5. The van der Waals surface area contributed by atoms with Crippen LogP contribution in [-0.4, -0.2) is 36.4 Å². The third-order valence-corrected chi connectivity index (χ3v) is 2.10. The van der Waals surface area contributed by atoms with Gasteiger partial charge in [-0.15, -0.1) is 0 Å². The molecule has 0 fully saturated rings. The van der Waals surface area contributed by atoms with Crippen molar-refractivity contribution < 1.29 is 14.6 Å². The van der Waals surface area contributed by atoms with E-state index in [-0.39, 0.29) is 18.1 Å². The second-order valence-corrected chi connectivity index (χ2v) is 3.69. The first kappa shape index (κ1) is 14.4. The Hall–Kier alpha value is -0.610. The summed E-state index contributed by atoms with van der Waals surface area (Å²) in [4.78, 5) is 11.5. The minimum atomic E-state index is -0.332. The first-order valence-corrected chi connectivity index (χ1v) is 5.69. The van der Waals surface area contributed by atoms with Crippen LogP contribution in [0.15, 0.2) is 0 Å². The summed E-state index contributed by atoms with van der Waals surface area (Å²) < 4.78 is 4.95. The Morgan fingerprint density at radius 3 is 2.53 bits per heavy atom. The molecule has 0 aromatic heterocycles. The topological polar surface area (TPSA) is 58.6 Å². The number of aliphatic hydroxyl groups excluding tert-OH is 1. The lowest BCUT2D eigenvalue weighted by molar-refractivity contribution is -0.145. The number of rotatable bonds is 8. The number of esters is 1.